The summed E-state index contributed by atoms with van der Waals surface area (Å²) >= 11 is 0. The second-order valence-electron chi connectivity index (χ2n) is 6.83. The molecule has 0 unspecified atom stereocenters. The maximum Gasteiger partial charge on any atom is 0.416 e. The zero-order valence-electron chi connectivity index (χ0n) is 15.5. The first-order valence-electron chi connectivity index (χ1n) is 9.19. The van der Waals surface area contributed by atoms with Crippen LogP contribution in [0.1, 0.15) is 40.7 Å². The van der Waals surface area contributed by atoms with Gasteiger partial charge in [0.15, 0.2) is 5.78 Å². The highest BCUT2D eigenvalue weighted by atomic mass is 19.4. The fourth-order valence-electron chi connectivity index (χ4n) is 3.31. The molecule has 0 bridgehead atoms. The van der Waals surface area contributed by atoms with Crippen LogP contribution in [0, 0.1) is 10.1 Å². The smallest absolute Gasteiger partial charge is 0.366 e. The average Bonchev–Trinajstić information content (AvgIpc) is 2.72. The summed E-state index contributed by atoms with van der Waals surface area (Å²) < 4.78 is 38.4. The van der Waals surface area contributed by atoms with Crippen LogP contribution < -0.4 is 4.90 Å². The van der Waals surface area contributed by atoms with Gasteiger partial charge in [-0.05, 0) is 49.1 Å². The first kappa shape index (κ1) is 20.6. The lowest BCUT2D eigenvalue weighted by molar-refractivity contribution is -0.384. The molecule has 0 radical (unpaired) electrons. The van der Waals surface area contributed by atoms with Crippen molar-refractivity contribution in [3.8, 4) is 0 Å². The van der Waals surface area contributed by atoms with E-state index in [2.05, 4.69) is 0 Å². The van der Waals surface area contributed by atoms with Crippen LogP contribution in [0.15, 0.2) is 48.5 Å². The third kappa shape index (κ3) is 5.01. The SMILES string of the molecule is O=C(/C=C/c1ccc(N2CCCCC2)c([N+](=O)[O-])c1)c1cccc(C(F)(F)F)c1. The maximum absolute atomic E-state index is 12.8. The summed E-state index contributed by atoms with van der Waals surface area (Å²) in [4.78, 5) is 25.2. The molecular formula is C21H19F3N2O3. The molecule has 2 aromatic carbocycles. The summed E-state index contributed by atoms with van der Waals surface area (Å²) in [6.07, 6.45) is 1.01. The fourth-order valence-corrected chi connectivity index (χ4v) is 3.31. The molecule has 5 nitrogen and oxygen atoms in total. The van der Waals surface area contributed by atoms with Crippen molar-refractivity contribution in [3.05, 3.63) is 75.3 Å². The number of nitro groups is 1. The van der Waals surface area contributed by atoms with Gasteiger partial charge < -0.3 is 4.90 Å². The van der Waals surface area contributed by atoms with E-state index in [4.69, 9.17) is 0 Å². The van der Waals surface area contributed by atoms with E-state index in [-0.39, 0.29) is 11.3 Å². The Bertz CT molecular complexity index is 948. The second kappa shape index (κ2) is 8.46. The Morgan fingerprint density at radius 3 is 2.45 bits per heavy atom. The Labute approximate surface area is 165 Å². The first-order chi connectivity index (χ1) is 13.8. The number of alkyl halides is 3. The van der Waals surface area contributed by atoms with E-state index in [1.807, 2.05) is 4.90 Å². The molecule has 1 heterocycles. The molecule has 0 saturated carbocycles. The summed E-state index contributed by atoms with van der Waals surface area (Å²) in [6.45, 7) is 1.51. The number of allylic oxidation sites excluding steroid dienone is 1. The van der Waals surface area contributed by atoms with Gasteiger partial charge in [0.05, 0.1) is 10.5 Å². The van der Waals surface area contributed by atoms with Crippen molar-refractivity contribution in [1.29, 1.82) is 0 Å². The standard InChI is InChI=1S/C21H19F3N2O3/c22-21(23,24)17-6-4-5-16(14-17)20(27)10-8-15-7-9-18(19(13-15)26(28)29)25-11-2-1-3-12-25/h4-10,13-14H,1-3,11-12H2/b10-8+. The highest BCUT2D eigenvalue weighted by molar-refractivity contribution is 6.07. The number of anilines is 1. The molecule has 3 rings (SSSR count). The van der Waals surface area contributed by atoms with Gasteiger partial charge >= 0.3 is 6.18 Å². The van der Waals surface area contributed by atoms with E-state index in [1.165, 1.54) is 24.3 Å². The Balaban J connectivity index is 1.82. The van der Waals surface area contributed by atoms with Crippen LogP contribution in [0.25, 0.3) is 6.08 Å². The summed E-state index contributed by atoms with van der Waals surface area (Å²) in [7, 11) is 0. The van der Waals surface area contributed by atoms with Gasteiger partial charge in [0, 0.05) is 24.7 Å². The number of carbonyl (C=O) groups excluding carboxylic acids is 1. The van der Waals surface area contributed by atoms with Crippen LogP contribution in [0.2, 0.25) is 0 Å². The van der Waals surface area contributed by atoms with Gasteiger partial charge in [-0.1, -0.05) is 24.3 Å². The summed E-state index contributed by atoms with van der Waals surface area (Å²) in [6, 6.07) is 8.83. The van der Waals surface area contributed by atoms with Gasteiger partial charge in [0.25, 0.3) is 5.69 Å². The molecule has 1 aliphatic rings. The number of hydrogen-bond acceptors (Lipinski definition) is 4. The zero-order valence-corrected chi connectivity index (χ0v) is 15.5. The van der Waals surface area contributed by atoms with Crippen LogP contribution in [0.4, 0.5) is 24.5 Å². The molecule has 0 aliphatic carbocycles. The van der Waals surface area contributed by atoms with E-state index < -0.39 is 22.4 Å². The van der Waals surface area contributed by atoms with Crippen molar-refractivity contribution in [2.24, 2.45) is 0 Å². The number of ketones is 1. The minimum Gasteiger partial charge on any atom is -0.366 e. The van der Waals surface area contributed by atoms with Crippen LogP contribution in [0.5, 0.6) is 0 Å². The Hall–Kier alpha value is -3.16. The summed E-state index contributed by atoms with van der Waals surface area (Å²) in [5.41, 5.74) is -0.0943. The number of rotatable bonds is 5. The molecular weight excluding hydrogens is 385 g/mol. The number of piperidine rings is 1. The third-order valence-electron chi connectivity index (χ3n) is 4.79. The predicted octanol–water partition coefficient (Wildman–Crippen LogP) is 5.50. The number of hydrogen-bond donors (Lipinski definition) is 0. The fraction of sp³-hybridized carbons (Fsp3) is 0.286. The monoisotopic (exact) mass is 404 g/mol. The molecule has 2 aromatic rings. The van der Waals surface area contributed by atoms with Crippen molar-refractivity contribution >= 4 is 23.2 Å². The number of halogens is 3. The quantitative estimate of drug-likeness (QED) is 0.286. The average molecular weight is 404 g/mol. The van der Waals surface area contributed by atoms with Crippen LogP contribution in [0.3, 0.4) is 0 Å². The van der Waals surface area contributed by atoms with Gasteiger partial charge in [0.2, 0.25) is 0 Å². The van der Waals surface area contributed by atoms with E-state index in [0.717, 1.165) is 50.6 Å². The third-order valence-corrected chi connectivity index (χ3v) is 4.79. The van der Waals surface area contributed by atoms with E-state index in [1.54, 1.807) is 12.1 Å². The molecule has 1 aliphatic heterocycles. The molecule has 1 fully saturated rings. The van der Waals surface area contributed by atoms with E-state index >= 15 is 0 Å². The minimum atomic E-state index is -4.54. The largest absolute Gasteiger partial charge is 0.416 e. The summed E-state index contributed by atoms with van der Waals surface area (Å²) in [5.74, 6) is -0.612. The minimum absolute atomic E-state index is 0.0550. The van der Waals surface area contributed by atoms with Crippen molar-refractivity contribution < 1.29 is 22.9 Å². The first-order valence-corrected chi connectivity index (χ1v) is 9.19. The Kier molecular flexibility index (Phi) is 6.00. The highest BCUT2D eigenvalue weighted by Crippen LogP contribution is 2.32. The normalized spacial score (nSPS) is 14.9. The lowest BCUT2D eigenvalue weighted by Gasteiger charge is -2.28. The Morgan fingerprint density at radius 1 is 1.07 bits per heavy atom. The molecule has 1 saturated heterocycles. The predicted molar refractivity (Wildman–Crippen MR) is 104 cm³/mol. The Morgan fingerprint density at radius 2 is 1.79 bits per heavy atom. The zero-order chi connectivity index (χ0) is 21.0. The van der Waals surface area contributed by atoms with Gasteiger partial charge in [0.1, 0.15) is 5.69 Å². The molecule has 29 heavy (non-hydrogen) atoms. The molecule has 0 atom stereocenters. The maximum atomic E-state index is 12.8. The van der Waals surface area contributed by atoms with Crippen LogP contribution in [-0.4, -0.2) is 23.8 Å². The molecule has 8 heteroatoms. The van der Waals surface area contributed by atoms with Crippen molar-refractivity contribution in [1.82, 2.24) is 0 Å². The molecule has 0 aromatic heterocycles. The van der Waals surface area contributed by atoms with Gasteiger partial charge in [-0.2, -0.15) is 13.2 Å². The molecule has 0 spiro atoms. The molecule has 0 amide bonds. The number of carbonyl (C=O) groups is 1. The van der Waals surface area contributed by atoms with Crippen molar-refractivity contribution in [3.63, 3.8) is 0 Å². The summed E-state index contributed by atoms with van der Waals surface area (Å²) in [5, 5.41) is 11.5. The number of benzene rings is 2. The van der Waals surface area contributed by atoms with Crippen molar-refractivity contribution in [2.45, 2.75) is 25.4 Å². The van der Waals surface area contributed by atoms with Crippen LogP contribution in [-0.2, 0) is 6.18 Å². The molecule has 152 valence electrons. The van der Waals surface area contributed by atoms with Gasteiger partial charge in [-0.25, -0.2) is 0 Å². The van der Waals surface area contributed by atoms with E-state index in [9.17, 15) is 28.1 Å². The van der Waals surface area contributed by atoms with Gasteiger partial charge in [-0.15, -0.1) is 0 Å². The van der Waals surface area contributed by atoms with Gasteiger partial charge in [-0.3, -0.25) is 14.9 Å². The van der Waals surface area contributed by atoms with Crippen LogP contribution >= 0.6 is 0 Å². The lowest BCUT2D eigenvalue weighted by atomic mass is 10.0. The number of nitro benzene ring substituents is 1. The topological polar surface area (TPSA) is 63.5 Å². The second-order valence-corrected chi connectivity index (χ2v) is 6.83. The molecule has 0 N–H and O–H groups in total. The lowest BCUT2D eigenvalue weighted by Crippen LogP contribution is -2.29. The van der Waals surface area contributed by atoms with Crippen molar-refractivity contribution in [2.75, 3.05) is 18.0 Å². The number of nitrogens with zero attached hydrogens (tertiary/aromatic N) is 2. The highest BCUT2D eigenvalue weighted by Gasteiger charge is 2.30. The van der Waals surface area contributed by atoms with E-state index in [0.29, 0.717) is 11.3 Å².